The van der Waals surface area contributed by atoms with Gasteiger partial charge in [-0.05, 0) is 102 Å². The van der Waals surface area contributed by atoms with Gasteiger partial charge in [-0.3, -0.25) is 0 Å². The second-order valence-corrected chi connectivity index (χ2v) is 24.2. The smallest absolute Gasteiger partial charge is 0.0762 e. The molecular formula is C49H63NOSi. The fourth-order valence-electron chi connectivity index (χ4n) is 9.71. The first-order valence-electron chi connectivity index (χ1n) is 20.0. The summed E-state index contributed by atoms with van der Waals surface area (Å²) in [4.78, 5) is 0. The predicted octanol–water partition coefficient (Wildman–Crippen LogP) is 13.5. The Kier molecular flexibility index (Phi) is 9.35. The fourth-order valence-corrected chi connectivity index (χ4v) is 15.4. The maximum Gasteiger partial charge on any atom is 0.0762 e. The van der Waals surface area contributed by atoms with Crippen LogP contribution >= 0.6 is 0 Å². The number of nitrogens with zero attached hydrogens (tertiary/aromatic N) is 1. The first-order valence-corrected chi connectivity index (χ1v) is 22.9. The Morgan fingerprint density at radius 3 is 1.83 bits per heavy atom. The van der Waals surface area contributed by atoms with Gasteiger partial charge in [0.05, 0.1) is 19.4 Å². The molecule has 5 aromatic rings. The second-order valence-electron chi connectivity index (χ2n) is 19.5. The van der Waals surface area contributed by atoms with Gasteiger partial charge in [0.2, 0.25) is 0 Å². The van der Waals surface area contributed by atoms with Crippen molar-refractivity contribution in [3.63, 3.8) is 0 Å². The average Bonchev–Trinajstić information content (AvgIpc) is 3.68. The van der Waals surface area contributed by atoms with E-state index in [1.165, 1.54) is 75.3 Å². The molecule has 0 spiro atoms. The minimum Gasteiger partial charge on any atom is -0.376 e. The number of rotatable bonds is 9. The standard InChI is InChI=1S/C49H63NOSi/c1-32-21-26-42-41(29-32)43-44(50(42)11)37-19-15-16-20-38(37)46(43)52(12,28-18-14-13-17-27-51-49(8,9)10)45-39-30-33(47(2,3)4)22-24-35(39)36-25-23-34(31-40(36)45)48(5,6)7/h15-16,19-26,29-31,45-46H,13-14,17-18,27-28H2,1-12H3. The molecule has 52 heavy (non-hydrogen) atoms. The third-order valence-corrected chi connectivity index (χ3v) is 17.7. The number of aryl methyl sites for hydroxylation is 2. The van der Waals surface area contributed by atoms with Crippen LogP contribution in [0.3, 0.4) is 0 Å². The van der Waals surface area contributed by atoms with Crippen LogP contribution in [0.25, 0.3) is 33.3 Å². The molecule has 2 aliphatic carbocycles. The first-order chi connectivity index (χ1) is 24.4. The number of unbranched alkanes of at least 4 members (excludes halogenated alkanes) is 3. The van der Waals surface area contributed by atoms with Gasteiger partial charge in [0.1, 0.15) is 0 Å². The molecule has 2 nitrogen and oxygen atoms in total. The summed E-state index contributed by atoms with van der Waals surface area (Å²) in [5.41, 5.74) is 18.7. The number of ether oxygens (including phenoxy) is 1. The van der Waals surface area contributed by atoms with E-state index in [1.807, 2.05) is 0 Å². The summed E-state index contributed by atoms with van der Waals surface area (Å²) in [6, 6.07) is 33.0. The summed E-state index contributed by atoms with van der Waals surface area (Å²) in [6.45, 7) is 26.7. The van der Waals surface area contributed by atoms with E-state index in [9.17, 15) is 0 Å². The third-order valence-electron chi connectivity index (χ3n) is 12.4. The summed E-state index contributed by atoms with van der Waals surface area (Å²) in [7, 11) is -0.0114. The Morgan fingerprint density at radius 2 is 1.23 bits per heavy atom. The van der Waals surface area contributed by atoms with Gasteiger partial charge in [-0.15, -0.1) is 0 Å². The van der Waals surface area contributed by atoms with Crippen molar-refractivity contribution < 1.29 is 4.74 Å². The zero-order chi connectivity index (χ0) is 37.4. The number of fused-ring (bicyclic) bond motifs is 8. The van der Waals surface area contributed by atoms with Crippen molar-refractivity contribution in [3.05, 3.63) is 118 Å². The van der Waals surface area contributed by atoms with Crippen molar-refractivity contribution in [2.45, 2.75) is 135 Å². The number of aromatic nitrogens is 1. The van der Waals surface area contributed by atoms with Crippen LogP contribution in [0.15, 0.2) is 78.9 Å². The molecule has 4 aromatic carbocycles. The van der Waals surface area contributed by atoms with Crippen LogP contribution in [0.2, 0.25) is 12.6 Å². The van der Waals surface area contributed by atoms with Gasteiger partial charge in [0.25, 0.3) is 0 Å². The van der Waals surface area contributed by atoms with Crippen molar-refractivity contribution in [2.75, 3.05) is 6.61 Å². The lowest BCUT2D eigenvalue weighted by Crippen LogP contribution is -2.45. The minimum atomic E-state index is -2.32. The van der Waals surface area contributed by atoms with Crippen LogP contribution in [-0.4, -0.2) is 24.8 Å². The van der Waals surface area contributed by atoms with Gasteiger partial charge in [0.15, 0.2) is 0 Å². The van der Waals surface area contributed by atoms with E-state index in [2.05, 4.69) is 166 Å². The van der Waals surface area contributed by atoms with E-state index in [0.29, 0.717) is 11.1 Å². The van der Waals surface area contributed by atoms with Gasteiger partial charge in [0, 0.05) is 41.2 Å². The van der Waals surface area contributed by atoms with E-state index in [-0.39, 0.29) is 16.4 Å². The summed E-state index contributed by atoms with van der Waals surface area (Å²) < 4.78 is 8.64. The van der Waals surface area contributed by atoms with Crippen molar-refractivity contribution in [1.29, 1.82) is 0 Å². The fraction of sp³-hybridized carbons (Fsp3) is 0.469. The van der Waals surface area contributed by atoms with Crippen molar-refractivity contribution >= 4 is 19.0 Å². The molecule has 0 fully saturated rings. The van der Waals surface area contributed by atoms with Gasteiger partial charge in [-0.25, -0.2) is 0 Å². The highest BCUT2D eigenvalue weighted by atomic mass is 28.3. The van der Waals surface area contributed by atoms with Gasteiger partial charge in [-0.2, -0.15) is 0 Å². The third kappa shape index (κ3) is 6.45. The summed E-state index contributed by atoms with van der Waals surface area (Å²) in [5, 5.41) is 1.46. The molecule has 2 atom stereocenters. The van der Waals surface area contributed by atoms with Gasteiger partial charge >= 0.3 is 0 Å². The lowest BCUT2D eigenvalue weighted by Gasteiger charge is -2.42. The molecule has 0 saturated carbocycles. The monoisotopic (exact) mass is 709 g/mol. The molecule has 7 rings (SSSR count). The van der Waals surface area contributed by atoms with E-state index in [1.54, 1.807) is 22.3 Å². The van der Waals surface area contributed by atoms with E-state index < -0.39 is 8.07 Å². The maximum absolute atomic E-state index is 6.13. The predicted molar refractivity (Wildman–Crippen MR) is 227 cm³/mol. The number of benzene rings is 4. The zero-order valence-electron chi connectivity index (χ0n) is 34.3. The van der Waals surface area contributed by atoms with Crippen LogP contribution in [0, 0.1) is 6.92 Å². The largest absolute Gasteiger partial charge is 0.376 e. The molecule has 0 N–H and O–H groups in total. The zero-order valence-corrected chi connectivity index (χ0v) is 35.3. The Morgan fingerprint density at radius 1 is 0.635 bits per heavy atom. The Bertz CT molecular complexity index is 2070. The Labute approximate surface area is 316 Å². The molecule has 0 radical (unpaired) electrons. The summed E-state index contributed by atoms with van der Waals surface area (Å²) in [5.74, 6) is 0. The lowest BCUT2D eigenvalue weighted by atomic mass is 9.85. The van der Waals surface area contributed by atoms with Crippen molar-refractivity contribution in [2.24, 2.45) is 7.05 Å². The van der Waals surface area contributed by atoms with Crippen molar-refractivity contribution in [3.8, 4) is 22.4 Å². The molecule has 1 aromatic heterocycles. The van der Waals surface area contributed by atoms with Crippen LogP contribution in [0.1, 0.15) is 138 Å². The molecule has 0 amide bonds. The van der Waals surface area contributed by atoms with E-state index >= 15 is 0 Å². The molecule has 0 saturated heterocycles. The summed E-state index contributed by atoms with van der Waals surface area (Å²) in [6.07, 6.45) is 4.87. The van der Waals surface area contributed by atoms with E-state index in [4.69, 9.17) is 4.74 Å². The number of hydrogen-bond donors (Lipinski definition) is 0. The average molecular weight is 710 g/mol. The van der Waals surface area contributed by atoms with Crippen LogP contribution < -0.4 is 0 Å². The highest BCUT2D eigenvalue weighted by molar-refractivity contribution is 6.83. The quantitative estimate of drug-likeness (QED) is 0.110. The number of hydrogen-bond acceptors (Lipinski definition) is 1. The topological polar surface area (TPSA) is 14.2 Å². The summed E-state index contributed by atoms with van der Waals surface area (Å²) >= 11 is 0. The Hall–Kier alpha value is -3.40. The van der Waals surface area contributed by atoms with E-state index in [0.717, 1.165) is 13.0 Å². The highest BCUT2D eigenvalue weighted by Gasteiger charge is 2.53. The molecular weight excluding hydrogens is 647 g/mol. The molecule has 274 valence electrons. The lowest BCUT2D eigenvalue weighted by molar-refractivity contribution is -0.00471. The molecule has 0 bridgehead atoms. The normalized spacial score (nSPS) is 16.9. The molecule has 2 unspecified atom stereocenters. The first kappa shape index (κ1) is 36.9. The van der Waals surface area contributed by atoms with Gasteiger partial charge < -0.3 is 9.30 Å². The molecule has 0 aliphatic heterocycles. The Balaban J connectivity index is 1.44. The highest BCUT2D eigenvalue weighted by Crippen LogP contribution is 2.61. The van der Waals surface area contributed by atoms with Gasteiger partial charge in [-0.1, -0.05) is 146 Å². The van der Waals surface area contributed by atoms with Crippen LogP contribution in [-0.2, 0) is 22.6 Å². The maximum atomic E-state index is 6.13. The van der Waals surface area contributed by atoms with Crippen molar-refractivity contribution in [1.82, 2.24) is 4.57 Å². The SMILES string of the molecule is Cc1ccc2c(c1)c1c(n2C)-c2ccccc2C1[Si](C)(CCCCCCOC(C)(C)C)C1c2cc(C(C)(C)C)ccc2-c2ccc(C(C)(C)C)cc21. The second kappa shape index (κ2) is 13.2. The molecule has 1 heterocycles. The minimum absolute atomic E-state index is 0.0725. The molecule has 2 aliphatic rings. The van der Waals surface area contributed by atoms with Crippen LogP contribution in [0.5, 0.6) is 0 Å². The van der Waals surface area contributed by atoms with Crippen LogP contribution in [0.4, 0.5) is 0 Å². The molecule has 3 heteroatoms.